The maximum Gasteiger partial charge on any atom is 0.353 e. The molecule has 0 bridgehead atoms. The van der Waals surface area contributed by atoms with Crippen LogP contribution in [0.25, 0.3) is 0 Å². The number of nitrogens with zero attached hydrogens (tertiary/aromatic N) is 2. The minimum absolute atomic E-state index is 0.0453. The smallest absolute Gasteiger partial charge is 0.353 e. The van der Waals surface area contributed by atoms with Crippen molar-refractivity contribution in [3.63, 3.8) is 0 Å². The molecule has 4 heterocycles. The van der Waals surface area contributed by atoms with Crippen LogP contribution in [0.5, 0.6) is 0 Å². The monoisotopic (exact) mass is 452 g/mol. The molecule has 0 saturated carbocycles. The summed E-state index contributed by atoms with van der Waals surface area (Å²) in [7, 11) is 0. The maximum atomic E-state index is 13.0. The van der Waals surface area contributed by atoms with Crippen LogP contribution in [0.15, 0.2) is 10.6 Å². The van der Waals surface area contributed by atoms with Gasteiger partial charge in [-0.1, -0.05) is 6.92 Å². The number of aliphatic hydroxyl groups excluding tert-OH is 1. The number of hydrogen-bond acceptors (Lipinski definition) is 7. The molecule has 4 aliphatic rings. The predicted molar refractivity (Wildman–Crippen MR) is 116 cm³/mol. The number of carboxylic acid groups (broad SMARTS) is 1. The van der Waals surface area contributed by atoms with Crippen molar-refractivity contribution >= 4 is 29.5 Å². The number of carboxylic acids is 1. The van der Waals surface area contributed by atoms with Gasteiger partial charge in [0.15, 0.2) is 0 Å². The first-order chi connectivity index (χ1) is 14.6. The Kier molecular flexibility index (Phi) is 6.10. The molecule has 2 unspecified atom stereocenters. The molecule has 0 aromatic heterocycles. The number of aliphatic hydroxyl groups is 1. The summed E-state index contributed by atoms with van der Waals surface area (Å²) in [5, 5.41) is 26.6. The Labute approximate surface area is 186 Å². The van der Waals surface area contributed by atoms with Gasteiger partial charge in [0.25, 0.3) is 0 Å². The van der Waals surface area contributed by atoms with Crippen LogP contribution < -0.4 is 10.6 Å². The van der Waals surface area contributed by atoms with Crippen molar-refractivity contribution in [2.24, 2.45) is 11.8 Å². The third-order valence-electron chi connectivity index (χ3n) is 6.86. The molecule has 9 nitrogen and oxygen atoms in total. The van der Waals surface area contributed by atoms with E-state index in [1.165, 1.54) is 16.7 Å². The lowest BCUT2D eigenvalue weighted by Gasteiger charge is -2.46. The van der Waals surface area contributed by atoms with Crippen LogP contribution in [0, 0.1) is 11.8 Å². The molecule has 0 aliphatic carbocycles. The van der Waals surface area contributed by atoms with Crippen molar-refractivity contribution in [1.82, 2.24) is 20.4 Å². The van der Waals surface area contributed by atoms with Crippen LogP contribution in [0.3, 0.4) is 0 Å². The van der Waals surface area contributed by atoms with Gasteiger partial charge in [0, 0.05) is 47.8 Å². The van der Waals surface area contributed by atoms with E-state index >= 15 is 0 Å². The summed E-state index contributed by atoms with van der Waals surface area (Å²) in [5.41, 5.74) is 0.0453. The standard InChI is InChI=1S/C21H32N4O5S/c1-9-7-24(8-10(2)23-9)19(27)14-5-13(6-22-14)31-18-11(3)16-15(12(4)26)20(28)25(16)17(18)21(29)30/h9-16,22-23,26H,5-8H2,1-4H3,(H,29,30)/t9?,10?,11-,12-,13+,14+,15-,16-/m1/s1. The zero-order valence-corrected chi connectivity index (χ0v) is 19.2. The molecular weight excluding hydrogens is 420 g/mol. The zero-order chi connectivity index (χ0) is 22.6. The Bertz CT molecular complexity index is 808. The molecule has 8 atom stereocenters. The highest BCUT2D eigenvalue weighted by atomic mass is 32.2. The van der Waals surface area contributed by atoms with Gasteiger partial charge in [-0.05, 0) is 27.2 Å². The molecule has 3 fully saturated rings. The SMILES string of the molecule is CC1CN(C(=O)[C@@H]2C[C@H](SC3=C(C(=O)O)N4C(=O)[C@H]([C@@H](C)O)[C@H]4[C@H]3C)CN2)CC(C)N1. The van der Waals surface area contributed by atoms with Gasteiger partial charge in [-0.15, -0.1) is 11.8 Å². The van der Waals surface area contributed by atoms with Crippen molar-refractivity contribution in [3.8, 4) is 0 Å². The first kappa shape index (κ1) is 22.6. The Morgan fingerprint density at radius 1 is 1.19 bits per heavy atom. The lowest BCUT2D eigenvalue weighted by atomic mass is 9.79. The minimum Gasteiger partial charge on any atom is -0.477 e. The second-order valence-corrected chi connectivity index (χ2v) is 10.8. The van der Waals surface area contributed by atoms with E-state index in [2.05, 4.69) is 24.5 Å². The van der Waals surface area contributed by atoms with Crippen LogP contribution in [0.1, 0.15) is 34.1 Å². The molecule has 172 valence electrons. The van der Waals surface area contributed by atoms with Gasteiger partial charge in [-0.25, -0.2) is 4.79 Å². The van der Waals surface area contributed by atoms with Gasteiger partial charge < -0.3 is 30.6 Å². The van der Waals surface area contributed by atoms with E-state index in [9.17, 15) is 24.6 Å². The zero-order valence-electron chi connectivity index (χ0n) is 18.4. The highest BCUT2D eigenvalue weighted by Crippen LogP contribution is 2.51. The Morgan fingerprint density at radius 3 is 2.42 bits per heavy atom. The number of piperazine rings is 1. The van der Waals surface area contributed by atoms with Crippen molar-refractivity contribution < 1.29 is 24.6 Å². The predicted octanol–water partition coefficient (Wildman–Crippen LogP) is -0.187. The molecule has 3 saturated heterocycles. The van der Waals surface area contributed by atoms with Gasteiger partial charge in [0.2, 0.25) is 11.8 Å². The van der Waals surface area contributed by atoms with Gasteiger partial charge >= 0.3 is 5.97 Å². The van der Waals surface area contributed by atoms with Gasteiger partial charge in [-0.3, -0.25) is 9.59 Å². The molecule has 4 aliphatic heterocycles. The fourth-order valence-corrected chi connectivity index (χ4v) is 7.05. The van der Waals surface area contributed by atoms with Crippen LogP contribution in [-0.4, -0.2) is 93.0 Å². The van der Waals surface area contributed by atoms with Gasteiger partial charge in [0.1, 0.15) is 5.70 Å². The summed E-state index contributed by atoms with van der Waals surface area (Å²) in [6.07, 6.45) is -0.188. The van der Waals surface area contributed by atoms with Crippen molar-refractivity contribution in [3.05, 3.63) is 10.6 Å². The first-order valence-corrected chi connectivity index (χ1v) is 11.9. The number of aliphatic carboxylic acids is 1. The molecule has 0 aromatic carbocycles. The fraction of sp³-hybridized carbons (Fsp3) is 0.762. The van der Waals surface area contributed by atoms with E-state index < -0.39 is 18.0 Å². The number of nitrogens with one attached hydrogen (secondary N) is 2. The largest absolute Gasteiger partial charge is 0.477 e. The fourth-order valence-electron chi connectivity index (χ4n) is 5.57. The average Bonchev–Trinajstić information content (AvgIpc) is 3.22. The molecule has 10 heteroatoms. The summed E-state index contributed by atoms with van der Waals surface area (Å²) >= 11 is 1.47. The Balaban J connectivity index is 1.44. The summed E-state index contributed by atoms with van der Waals surface area (Å²) in [6.45, 7) is 9.63. The topological polar surface area (TPSA) is 122 Å². The molecule has 0 radical (unpaired) electrons. The van der Waals surface area contributed by atoms with E-state index in [0.717, 1.165) is 0 Å². The third-order valence-corrected chi connectivity index (χ3v) is 8.37. The van der Waals surface area contributed by atoms with E-state index in [-0.39, 0.29) is 52.8 Å². The normalized spacial score (nSPS) is 38.9. The van der Waals surface area contributed by atoms with Crippen LogP contribution in [0.4, 0.5) is 0 Å². The third kappa shape index (κ3) is 3.88. The number of amides is 2. The highest BCUT2D eigenvalue weighted by molar-refractivity contribution is 8.03. The van der Waals surface area contributed by atoms with Crippen LogP contribution >= 0.6 is 11.8 Å². The summed E-state index contributed by atoms with van der Waals surface area (Å²) < 4.78 is 0. The number of fused-ring (bicyclic) bond motifs is 1. The van der Waals surface area contributed by atoms with Gasteiger partial charge in [-0.2, -0.15) is 0 Å². The summed E-state index contributed by atoms with van der Waals surface area (Å²) in [5.74, 6) is -2.05. The quantitative estimate of drug-likeness (QED) is 0.424. The van der Waals surface area contributed by atoms with E-state index in [0.29, 0.717) is 31.0 Å². The van der Waals surface area contributed by atoms with Gasteiger partial charge in [0.05, 0.1) is 24.1 Å². The molecule has 4 rings (SSSR count). The average molecular weight is 453 g/mol. The van der Waals surface area contributed by atoms with Crippen LogP contribution in [-0.2, 0) is 14.4 Å². The lowest BCUT2D eigenvalue weighted by Crippen LogP contribution is -2.63. The molecule has 4 N–H and O–H groups in total. The highest BCUT2D eigenvalue weighted by Gasteiger charge is 2.60. The van der Waals surface area contributed by atoms with E-state index in [1.54, 1.807) is 6.92 Å². The van der Waals surface area contributed by atoms with Crippen molar-refractivity contribution in [1.29, 1.82) is 0 Å². The minimum atomic E-state index is -1.11. The molecule has 0 aromatic rings. The number of carbonyl (C=O) groups excluding carboxylic acids is 2. The van der Waals surface area contributed by atoms with Crippen LogP contribution in [0.2, 0.25) is 0 Å². The summed E-state index contributed by atoms with van der Waals surface area (Å²) in [6, 6.07) is -0.0715. The number of hydrogen-bond donors (Lipinski definition) is 4. The number of thioether (sulfide) groups is 1. The van der Waals surface area contributed by atoms with E-state index in [4.69, 9.17) is 0 Å². The number of carbonyl (C=O) groups is 3. The Morgan fingerprint density at radius 2 is 1.84 bits per heavy atom. The maximum absolute atomic E-state index is 13.0. The second kappa shape index (κ2) is 8.38. The Hall–Kier alpha value is -1.62. The van der Waals surface area contributed by atoms with Crippen molar-refractivity contribution in [2.75, 3.05) is 19.6 Å². The second-order valence-electron chi connectivity index (χ2n) is 9.42. The lowest BCUT2D eigenvalue weighted by molar-refractivity contribution is -0.163. The summed E-state index contributed by atoms with van der Waals surface area (Å²) in [4.78, 5) is 41.4. The molecule has 2 amide bonds. The van der Waals surface area contributed by atoms with E-state index in [1.807, 2.05) is 11.8 Å². The number of rotatable bonds is 5. The molecular formula is C21H32N4O5S. The van der Waals surface area contributed by atoms with Crippen molar-refractivity contribution in [2.45, 2.75) is 69.6 Å². The molecule has 31 heavy (non-hydrogen) atoms. The number of β-lactam (4-membered cyclic amide) rings is 1. The molecule has 0 spiro atoms. The first-order valence-electron chi connectivity index (χ1n) is 11.0.